The number of nitrogens with zero attached hydrogens (tertiary/aromatic N) is 1. The van der Waals surface area contributed by atoms with Crippen molar-refractivity contribution in [2.75, 3.05) is 24.6 Å². The molecule has 0 aromatic heterocycles. The van der Waals surface area contributed by atoms with E-state index in [1.807, 2.05) is 0 Å². The molecule has 2 unspecified atom stereocenters. The average Bonchev–Trinajstić information content (AvgIpc) is 2.52. The summed E-state index contributed by atoms with van der Waals surface area (Å²) in [7, 11) is -2.73. The van der Waals surface area contributed by atoms with Gasteiger partial charge in [-0.1, -0.05) is 0 Å². The molecule has 1 aliphatic carbocycles. The molecule has 0 radical (unpaired) electrons. The third-order valence-corrected chi connectivity index (χ3v) is 4.95. The van der Waals surface area contributed by atoms with Crippen molar-refractivity contribution in [1.82, 2.24) is 4.90 Å². The Labute approximate surface area is 85.4 Å². The zero-order chi connectivity index (χ0) is 10.2. The monoisotopic (exact) mass is 218 g/mol. The predicted octanol–water partition coefficient (Wildman–Crippen LogP) is -0.403. The lowest BCUT2D eigenvalue weighted by atomic mass is 10.2. The third kappa shape index (κ3) is 2.27. The lowest BCUT2D eigenvalue weighted by Gasteiger charge is -2.31. The van der Waals surface area contributed by atoms with Crippen LogP contribution in [0.2, 0.25) is 0 Å². The van der Waals surface area contributed by atoms with E-state index in [0.717, 1.165) is 19.3 Å². The van der Waals surface area contributed by atoms with E-state index in [0.29, 0.717) is 36.7 Å². The van der Waals surface area contributed by atoms with Crippen molar-refractivity contribution >= 4 is 9.84 Å². The van der Waals surface area contributed by atoms with Crippen molar-refractivity contribution in [3.05, 3.63) is 0 Å². The molecule has 2 aliphatic rings. The van der Waals surface area contributed by atoms with Crippen LogP contribution in [-0.4, -0.2) is 50.0 Å². The van der Waals surface area contributed by atoms with Gasteiger partial charge in [0.1, 0.15) is 0 Å². The van der Waals surface area contributed by atoms with Gasteiger partial charge in [0.15, 0.2) is 9.84 Å². The van der Waals surface area contributed by atoms with Crippen molar-refractivity contribution in [1.29, 1.82) is 0 Å². The summed E-state index contributed by atoms with van der Waals surface area (Å²) in [5.41, 5.74) is 5.84. The van der Waals surface area contributed by atoms with Gasteiger partial charge in [0.25, 0.3) is 0 Å². The minimum absolute atomic E-state index is 0.332. The third-order valence-electron chi connectivity index (χ3n) is 3.34. The fourth-order valence-corrected chi connectivity index (χ4v) is 3.64. The molecule has 4 nitrogen and oxygen atoms in total. The molecule has 0 aromatic carbocycles. The highest BCUT2D eigenvalue weighted by Crippen LogP contribution is 2.24. The van der Waals surface area contributed by atoms with E-state index in [1.165, 1.54) is 0 Å². The molecular formula is C9H18N2O2S. The number of hydrogen-bond acceptors (Lipinski definition) is 4. The first kappa shape index (κ1) is 10.4. The Hall–Kier alpha value is -0.130. The predicted molar refractivity (Wildman–Crippen MR) is 55.8 cm³/mol. The van der Waals surface area contributed by atoms with Crippen molar-refractivity contribution in [3.8, 4) is 0 Å². The van der Waals surface area contributed by atoms with Crippen LogP contribution in [0.15, 0.2) is 0 Å². The Balaban J connectivity index is 1.89. The number of rotatable bonds is 1. The van der Waals surface area contributed by atoms with Gasteiger partial charge < -0.3 is 5.73 Å². The van der Waals surface area contributed by atoms with Gasteiger partial charge in [0.2, 0.25) is 0 Å². The standard InChI is InChI=1S/C9H18N2O2S/c10-8-1-2-9(7-8)11-3-5-14(12,13)6-4-11/h8-9H,1-7,10H2. The summed E-state index contributed by atoms with van der Waals surface area (Å²) >= 11 is 0. The molecular weight excluding hydrogens is 200 g/mol. The fourth-order valence-electron chi connectivity index (χ4n) is 2.41. The molecule has 5 heteroatoms. The number of sulfone groups is 1. The normalized spacial score (nSPS) is 38.6. The molecule has 2 rings (SSSR count). The van der Waals surface area contributed by atoms with E-state index in [-0.39, 0.29) is 0 Å². The minimum Gasteiger partial charge on any atom is -0.328 e. The van der Waals surface area contributed by atoms with E-state index in [4.69, 9.17) is 5.73 Å². The average molecular weight is 218 g/mol. The molecule has 0 bridgehead atoms. The van der Waals surface area contributed by atoms with Crippen LogP contribution in [0.3, 0.4) is 0 Å². The maximum absolute atomic E-state index is 11.2. The summed E-state index contributed by atoms with van der Waals surface area (Å²) in [4.78, 5) is 2.30. The minimum atomic E-state index is -2.73. The van der Waals surface area contributed by atoms with Crippen molar-refractivity contribution in [3.63, 3.8) is 0 Å². The van der Waals surface area contributed by atoms with Gasteiger partial charge in [0, 0.05) is 25.2 Å². The van der Waals surface area contributed by atoms with Crippen molar-refractivity contribution < 1.29 is 8.42 Å². The molecule has 0 spiro atoms. The van der Waals surface area contributed by atoms with E-state index < -0.39 is 9.84 Å². The van der Waals surface area contributed by atoms with Crippen LogP contribution in [0, 0.1) is 0 Å². The van der Waals surface area contributed by atoms with Crippen LogP contribution in [0.5, 0.6) is 0 Å². The Morgan fingerprint density at radius 2 is 1.79 bits per heavy atom. The molecule has 2 atom stereocenters. The van der Waals surface area contributed by atoms with Gasteiger partial charge >= 0.3 is 0 Å². The first-order chi connectivity index (χ1) is 6.57. The zero-order valence-electron chi connectivity index (χ0n) is 8.35. The van der Waals surface area contributed by atoms with Crippen LogP contribution in [-0.2, 0) is 9.84 Å². The molecule has 2 N–H and O–H groups in total. The van der Waals surface area contributed by atoms with E-state index in [9.17, 15) is 8.42 Å². The van der Waals surface area contributed by atoms with Gasteiger partial charge in [-0.3, -0.25) is 4.90 Å². The van der Waals surface area contributed by atoms with Gasteiger partial charge in [-0.05, 0) is 19.3 Å². The summed E-state index contributed by atoms with van der Waals surface area (Å²) < 4.78 is 22.4. The maximum atomic E-state index is 11.2. The van der Waals surface area contributed by atoms with Gasteiger partial charge in [-0.2, -0.15) is 0 Å². The lowest BCUT2D eigenvalue weighted by molar-refractivity contribution is 0.214. The summed E-state index contributed by atoms with van der Waals surface area (Å²) in [6.07, 6.45) is 3.27. The molecule has 14 heavy (non-hydrogen) atoms. The summed E-state index contributed by atoms with van der Waals surface area (Å²) in [5, 5.41) is 0. The van der Waals surface area contributed by atoms with Gasteiger partial charge in [-0.15, -0.1) is 0 Å². The second-order valence-corrected chi connectivity index (χ2v) is 6.72. The Kier molecular flexibility index (Phi) is 2.81. The molecule has 0 amide bonds. The van der Waals surface area contributed by atoms with Gasteiger partial charge in [-0.25, -0.2) is 8.42 Å². The van der Waals surface area contributed by atoms with Crippen LogP contribution >= 0.6 is 0 Å². The van der Waals surface area contributed by atoms with E-state index >= 15 is 0 Å². The second-order valence-electron chi connectivity index (χ2n) is 4.41. The molecule has 1 saturated heterocycles. The topological polar surface area (TPSA) is 63.4 Å². The number of nitrogens with two attached hydrogens (primary N) is 1. The smallest absolute Gasteiger partial charge is 0.152 e. The molecule has 2 fully saturated rings. The molecule has 0 aromatic rings. The van der Waals surface area contributed by atoms with Crippen LogP contribution < -0.4 is 5.73 Å². The Morgan fingerprint density at radius 1 is 1.14 bits per heavy atom. The first-order valence-electron chi connectivity index (χ1n) is 5.27. The molecule has 1 saturated carbocycles. The fraction of sp³-hybridized carbons (Fsp3) is 1.00. The van der Waals surface area contributed by atoms with Crippen molar-refractivity contribution in [2.45, 2.75) is 31.3 Å². The highest BCUT2D eigenvalue weighted by atomic mass is 32.2. The molecule has 82 valence electrons. The quantitative estimate of drug-likeness (QED) is 0.650. The Bertz CT molecular complexity index is 288. The van der Waals surface area contributed by atoms with Crippen LogP contribution in [0.4, 0.5) is 0 Å². The van der Waals surface area contributed by atoms with E-state index in [1.54, 1.807) is 0 Å². The SMILES string of the molecule is NC1CCC(N2CCS(=O)(=O)CC2)C1. The van der Waals surface area contributed by atoms with Gasteiger partial charge in [0.05, 0.1) is 11.5 Å². The van der Waals surface area contributed by atoms with E-state index in [2.05, 4.69) is 4.90 Å². The largest absolute Gasteiger partial charge is 0.328 e. The lowest BCUT2D eigenvalue weighted by Crippen LogP contribution is -2.45. The summed E-state index contributed by atoms with van der Waals surface area (Å²) in [6, 6.07) is 0.874. The highest BCUT2D eigenvalue weighted by Gasteiger charge is 2.31. The van der Waals surface area contributed by atoms with Crippen LogP contribution in [0.25, 0.3) is 0 Å². The second kappa shape index (κ2) is 3.79. The number of hydrogen-bond donors (Lipinski definition) is 1. The maximum Gasteiger partial charge on any atom is 0.152 e. The van der Waals surface area contributed by atoms with Crippen LogP contribution in [0.1, 0.15) is 19.3 Å². The molecule has 1 heterocycles. The van der Waals surface area contributed by atoms with Crippen molar-refractivity contribution in [2.24, 2.45) is 5.73 Å². The zero-order valence-corrected chi connectivity index (χ0v) is 9.17. The highest BCUT2D eigenvalue weighted by molar-refractivity contribution is 7.91. The Morgan fingerprint density at radius 3 is 2.29 bits per heavy atom. The summed E-state index contributed by atoms with van der Waals surface area (Å²) in [6.45, 7) is 1.42. The molecule has 1 aliphatic heterocycles. The first-order valence-corrected chi connectivity index (χ1v) is 7.09. The summed E-state index contributed by atoms with van der Waals surface area (Å²) in [5.74, 6) is 0.664.